The van der Waals surface area contributed by atoms with Gasteiger partial charge in [0.2, 0.25) is 11.0 Å². The monoisotopic (exact) mass is 272 g/mol. The molecule has 1 N–H and O–H groups in total. The van der Waals surface area contributed by atoms with Gasteiger partial charge in [0.15, 0.2) is 0 Å². The summed E-state index contributed by atoms with van der Waals surface area (Å²) in [7, 11) is 0. The maximum Gasteiger partial charge on any atom is 0.246 e. The first kappa shape index (κ1) is 11.9. The zero-order valence-electron chi connectivity index (χ0n) is 10.3. The van der Waals surface area contributed by atoms with E-state index in [0.29, 0.717) is 5.13 Å². The van der Waals surface area contributed by atoms with Gasteiger partial charge in [-0.2, -0.15) is 0 Å². The van der Waals surface area contributed by atoms with Gasteiger partial charge in [0.25, 0.3) is 0 Å². The Hall–Kier alpha value is -2.21. The maximum atomic E-state index is 11.9. The summed E-state index contributed by atoms with van der Waals surface area (Å²) in [6, 6.07) is 9.97. The summed E-state index contributed by atoms with van der Waals surface area (Å²) < 4.78 is 1.92. The summed E-state index contributed by atoms with van der Waals surface area (Å²) in [5.74, 6) is -0.0995. The average Bonchev–Trinajstić information content (AvgIpc) is 2.97. The van der Waals surface area contributed by atoms with Gasteiger partial charge in [0.05, 0.1) is 0 Å². The van der Waals surface area contributed by atoms with E-state index in [4.69, 9.17) is 0 Å². The normalized spacial score (nSPS) is 10.8. The van der Waals surface area contributed by atoms with Gasteiger partial charge in [-0.1, -0.05) is 29.5 Å². The number of hydrogen-bond acceptors (Lipinski definition) is 4. The Morgan fingerprint density at radius 3 is 2.95 bits per heavy atom. The number of nitrogens with one attached hydrogen (secondary N) is 1. The molecule has 0 saturated carbocycles. The first-order valence-corrected chi connectivity index (χ1v) is 6.68. The Bertz CT molecular complexity index is 731. The number of aromatic nitrogens is 3. The third-order valence-electron chi connectivity index (χ3n) is 2.77. The fourth-order valence-electron chi connectivity index (χ4n) is 1.94. The highest BCUT2D eigenvalue weighted by Crippen LogP contribution is 2.16. The van der Waals surface area contributed by atoms with Crippen molar-refractivity contribution in [2.75, 3.05) is 5.32 Å². The lowest BCUT2D eigenvalue weighted by molar-refractivity contribution is -0.116. The third-order valence-corrected chi connectivity index (χ3v) is 3.52. The van der Waals surface area contributed by atoms with Crippen LogP contribution in [0.1, 0.15) is 5.01 Å². The summed E-state index contributed by atoms with van der Waals surface area (Å²) in [6.45, 7) is 2.12. The number of hydrogen-bond donors (Lipinski definition) is 1. The highest BCUT2D eigenvalue weighted by atomic mass is 32.1. The van der Waals surface area contributed by atoms with E-state index >= 15 is 0 Å². The molecule has 96 valence electrons. The van der Waals surface area contributed by atoms with Crippen molar-refractivity contribution in [2.24, 2.45) is 0 Å². The van der Waals surface area contributed by atoms with E-state index in [1.807, 2.05) is 48.0 Å². The van der Waals surface area contributed by atoms with Crippen LogP contribution in [0.15, 0.2) is 36.5 Å². The minimum Gasteiger partial charge on any atom is -0.338 e. The second kappa shape index (κ2) is 4.81. The van der Waals surface area contributed by atoms with E-state index in [9.17, 15) is 4.79 Å². The van der Waals surface area contributed by atoms with Crippen LogP contribution in [-0.2, 0) is 11.3 Å². The molecular weight excluding hydrogens is 260 g/mol. The Kier molecular flexibility index (Phi) is 3.00. The van der Waals surface area contributed by atoms with Crippen molar-refractivity contribution < 1.29 is 4.79 Å². The molecule has 0 radical (unpaired) electrons. The number of nitrogens with zero attached hydrogens (tertiary/aromatic N) is 3. The molecule has 0 fully saturated rings. The molecule has 0 aliphatic heterocycles. The van der Waals surface area contributed by atoms with Crippen molar-refractivity contribution in [1.82, 2.24) is 14.8 Å². The van der Waals surface area contributed by atoms with Gasteiger partial charge in [-0.15, -0.1) is 10.2 Å². The number of anilines is 1. The predicted octanol–water partition coefficient (Wildman–Crippen LogP) is 2.44. The molecule has 1 amide bonds. The van der Waals surface area contributed by atoms with Crippen LogP contribution in [0.2, 0.25) is 0 Å². The fourth-order valence-corrected chi connectivity index (χ4v) is 2.55. The van der Waals surface area contributed by atoms with Crippen molar-refractivity contribution >= 4 is 33.3 Å². The molecular formula is C13H12N4OS. The van der Waals surface area contributed by atoms with Crippen molar-refractivity contribution in [3.8, 4) is 0 Å². The van der Waals surface area contributed by atoms with Gasteiger partial charge in [-0.25, -0.2) is 0 Å². The summed E-state index contributed by atoms with van der Waals surface area (Å²) in [5.41, 5.74) is 1.05. The van der Waals surface area contributed by atoms with Crippen molar-refractivity contribution in [3.05, 3.63) is 41.5 Å². The highest BCUT2D eigenvalue weighted by Gasteiger charge is 2.08. The molecule has 0 atom stereocenters. The molecule has 1 aromatic carbocycles. The van der Waals surface area contributed by atoms with Crippen LogP contribution in [0.5, 0.6) is 0 Å². The van der Waals surface area contributed by atoms with E-state index in [0.717, 1.165) is 15.9 Å². The van der Waals surface area contributed by atoms with Crippen LogP contribution in [0.25, 0.3) is 10.9 Å². The summed E-state index contributed by atoms with van der Waals surface area (Å²) in [6.07, 6.45) is 1.91. The third kappa shape index (κ3) is 2.48. The maximum absolute atomic E-state index is 11.9. The van der Waals surface area contributed by atoms with Crippen LogP contribution in [0, 0.1) is 6.92 Å². The number of carbonyl (C=O) groups is 1. The van der Waals surface area contributed by atoms with Gasteiger partial charge in [0, 0.05) is 11.7 Å². The second-order valence-electron chi connectivity index (χ2n) is 4.18. The van der Waals surface area contributed by atoms with Crippen molar-refractivity contribution in [2.45, 2.75) is 13.5 Å². The molecule has 6 heteroatoms. The molecule has 0 unspecified atom stereocenters. The lowest BCUT2D eigenvalue weighted by Gasteiger charge is -2.04. The van der Waals surface area contributed by atoms with Crippen LogP contribution in [0.3, 0.4) is 0 Å². The summed E-state index contributed by atoms with van der Waals surface area (Å²) in [4.78, 5) is 11.9. The second-order valence-corrected chi connectivity index (χ2v) is 5.36. The first-order valence-electron chi connectivity index (χ1n) is 5.86. The quantitative estimate of drug-likeness (QED) is 0.796. The fraction of sp³-hybridized carbons (Fsp3) is 0.154. The number of benzene rings is 1. The van der Waals surface area contributed by atoms with Gasteiger partial charge < -0.3 is 4.57 Å². The molecule has 3 aromatic rings. The highest BCUT2D eigenvalue weighted by molar-refractivity contribution is 7.15. The Balaban J connectivity index is 1.76. The van der Waals surface area contributed by atoms with E-state index in [-0.39, 0.29) is 12.5 Å². The van der Waals surface area contributed by atoms with Crippen LogP contribution >= 0.6 is 11.3 Å². The van der Waals surface area contributed by atoms with Gasteiger partial charge in [0.1, 0.15) is 11.6 Å². The topological polar surface area (TPSA) is 59.8 Å². The number of rotatable bonds is 3. The summed E-state index contributed by atoms with van der Waals surface area (Å²) in [5, 5.41) is 13.0. The molecule has 3 rings (SSSR count). The largest absolute Gasteiger partial charge is 0.338 e. The zero-order chi connectivity index (χ0) is 13.2. The van der Waals surface area contributed by atoms with Crippen LogP contribution in [-0.4, -0.2) is 20.7 Å². The standard InChI is InChI=1S/C13H12N4OS/c1-9-15-16-13(19-9)14-12(18)8-17-7-6-10-4-2-3-5-11(10)17/h2-7H,8H2,1H3,(H,14,16,18). The SMILES string of the molecule is Cc1nnc(NC(=O)Cn2ccc3ccccc32)s1. The number of aryl methyl sites for hydroxylation is 1. The number of carbonyl (C=O) groups excluding carboxylic acids is 1. The van der Waals surface area contributed by atoms with Gasteiger partial charge in [-0.05, 0) is 24.4 Å². The lowest BCUT2D eigenvalue weighted by Crippen LogP contribution is -2.18. The number of amides is 1. The smallest absolute Gasteiger partial charge is 0.246 e. The molecule has 0 saturated heterocycles. The first-order chi connectivity index (χ1) is 9.22. The van der Waals surface area contributed by atoms with E-state index < -0.39 is 0 Å². The van der Waals surface area contributed by atoms with Gasteiger partial charge in [-0.3, -0.25) is 10.1 Å². The van der Waals surface area contributed by atoms with Crippen LogP contribution < -0.4 is 5.32 Å². The number of fused-ring (bicyclic) bond motifs is 1. The van der Waals surface area contributed by atoms with Gasteiger partial charge >= 0.3 is 0 Å². The molecule has 0 aliphatic carbocycles. The minimum atomic E-state index is -0.0995. The molecule has 0 bridgehead atoms. The molecule has 19 heavy (non-hydrogen) atoms. The Labute approximate surface area is 113 Å². The van der Waals surface area contributed by atoms with Crippen molar-refractivity contribution in [1.29, 1.82) is 0 Å². The average molecular weight is 272 g/mol. The van der Waals surface area contributed by atoms with E-state index in [1.54, 1.807) is 0 Å². The van der Waals surface area contributed by atoms with E-state index in [1.165, 1.54) is 11.3 Å². The minimum absolute atomic E-state index is 0.0995. The van der Waals surface area contributed by atoms with E-state index in [2.05, 4.69) is 15.5 Å². The molecule has 2 heterocycles. The molecule has 0 aliphatic rings. The summed E-state index contributed by atoms with van der Waals surface area (Å²) >= 11 is 1.37. The van der Waals surface area contributed by atoms with Crippen molar-refractivity contribution in [3.63, 3.8) is 0 Å². The molecule has 0 spiro atoms. The lowest BCUT2D eigenvalue weighted by atomic mass is 10.2. The Morgan fingerprint density at radius 2 is 2.16 bits per heavy atom. The molecule has 2 aromatic heterocycles. The molecule has 5 nitrogen and oxygen atoms in total. The Morgan fingerprint density at radius 1 is 1.32 bits per heavy atom. The number of para-hydroxylation sites is 1. The predicted molar refractivity (Wildman–Crippen MR) is 75.2 cm³/mol. The van der Waals surface area contributed by atoms with Crippen LogP contribution in [0.4, 0.5) is 5.13 Å². The zero-order valence-corrected chi connectivity index (χ0v) is 11.1.